The lowest BCUT2D eigenvalue weighted by molar-refractivity contribution is -0.147. The largest absolute Gasteiger partial charge is 0.497 e. The predicted molar refractivity (Wildman–Crippen MR) is 97.5 cm³/mol. The van der Waals surface area contributed by atoms with Crippen molar-refractivity contribution < 1.29 is 27.5 Å². The zero-order valence-electron chi connectivity index (χ0n) is 15.5. The molecule has 3 N–H and O–H groups in total. The van der Waals surface area contributed by atoms with Gasteiger partial charge < -0.3 is 20.1 Å². The van der Waals surface area contributed by atoms with Crippen molar-refractivity contribution in [1.82, 2.24) is 9.62 Å². The van der Waals surface area contributed by atoms with E-state index >= 15 is 0 Å². The van der Waals surface area contributed by atoms with Gasteiger partial charge in [-0.3, -0.25) is 9.59 Å². The number of ether oxygens (including phenoxy) is 2. The van der Waals surface area contributed by atoms with Crippen molar-refractivity contribution in [3.63, 3.8) is 0 Å². The van der Waals surface area contributed by atoms with Gasteiger partial charge in [-0.05, 0) is 30.2 Å². The number of carbonyl (C=O) groups is 2. The number of nitrogens with one attached hydrogen (secondary N) is 1. The standard InChI is InChI=1S/C17H25N3O6S/c1-11(2)15(17(22)20-8-9-26-14(10-20)16(18)21)19-27(23,24)13-6-4-12(25-3)5-7-13/h4-7,11,14-15,19H,8-10H2,1-3H3,(H2,18,21)/t14?,15-/m0/s1. The van der Waals surface area contributed by atoms with Gasteiger partial charge in [0.2, 0.25) is 21.8 Å². The summed E-state index contributed by atoms with van der Waals surface area (Å²) in [6.45, 7) is 3.91. The number of amides is 2. The predicted octanol–water partition coefficient (Wildman–Crippen LogP) is -0.289. The molecule has 27 heavy (non-hydrogen) atoms. The van der Waals surface area contributed by atoms with Crippen LogP contribution in [-0.4, -0.2) is 64.1 Å². The summed E-state index contributed by atoms with van der Waals surface area (Å²) in [6.07, 6.45) is -0.895. The fraction of sp³-hybridized carbons (Fsp3) is 0.529. The van der Waals surface area contributed by atoms with Crippen LogP contribution in [0.25, 0.3) is 0 Å². The lowest BCUT2D eigenvalue weighted by Crippen LogP contribution is -2.57. The molecule has 0 bridgehead atoms. The molecule has 1 aliphatic heterocycles. The summed E-state index contributed by atoms with van der Waals surface area (Å²) in [5, 5.41) is 0. The molecule has 0 aliphatic carbocycles. The van der Waals surface area contributed by atoms with Crippen molar-refractivity contribution in [2.24, 2.45) is 11.7 Å². The van der Waals surface area contributed by atoms with Crippen LogP contribution in [0.5, 0.6) is 5.75 Å². The lowest BCUT2D eigenvalue weighted by atomic mass is 10.0. The minimum absolute atomic E-state index is 0.00164. The minimum atomic E-state index is -3.92. The SMILES string of the molecule is COc1ccc(S(=O)(=O)N[C@H](C(=O)N2CCOC(C(N)=O)C2)C(C)C)cc1. The molecule has 1 aliphatic rings. The van der Waals surface area contributed by atoms with E-state index in [4.69, 9.17) is 15.2 Å². The second-order valence-electron chi connectivity index (χ2n) is 6.56. The van der Waals surface area contributed by atoms with Crippen molar-refractivity contribution in [3.8, 4) is 5.75 Å². The van der Waals surface area contributed by atoms with E-state index in [0.29, 0.717) is 5.75 Å². The number of hydrogen-bond donors (Lipinski definition) is 2. The Morgan fingerprint density at radius 1 is 1.30 bits per heavy atom. The molecule has 0 radical (unpaired) electrons. The van der Waals surface area contributed by atoms with E-state index in [1.807, 2.05) is 0 Å². The third kappa shape index (κ3) is 5.18. The summed E-state index contributed by atoms with van der Waals surface area (Å²) in [5.74, 6) is -0.860. The Morgan fingerprint density at radius 3 is 2.44 bits per heavy atom. The van der Waals surface area contributed by atoms with Crippen LogP contribution in [0.1, 0.15) is 13.8 Å². The molecule has 1 aromatic carbocycles. The number of methoxy groups -OCH3 is 1. The van der Waals surface area contributed by atoms with Gasteiger partial charge in [0.05, 0.1) is 25.2 Å². The van der Waals surface area contributed by atoms with E-state index < -0.39 is 34.0 Å². The summed E-state index contributed by atoms with van der Waals surface area (Å²) in [5.41, 5.74) is 5.24. The number of benzene rings is 1. The fourth-order valence-corrected chi connectivity index (χ4v) is 4.02. The van der Waals surface area contributed by atoms with E-state index in [2.05, 4.69) is 4.72 Å². The number of carbonyl (C=O) groups excluding carboxylic acids is 2. The minimum Gasteiger partial charge on any atom is -0.497 e. The number of morpholine rings is 1. The van der Waals surface area contributed by atoms with Crippen molar-refractivity contribution in [2.45, 2.75) is 30.9 Å². The van der Waals surface area contributed by atoms with Gasteiger partial charge in [-0.15, -0.1) is 0 Å². The van der Waals surface area contributed by atoms with E-state index in [1.54, 1.807) is 13.8 Å². The summed E-state index contributed by atoms with van der Waals surface area (Å²) in [7, 11) is -2.44. The molecular formula is C17H25N3O6S. The molecule has 1 saturated heterocycles. The number of sulfonamides is 1. The number of nitrogens with two attached hydrogens (primary N) is 1. The second kappa shape index (κ2) is 8.68. The molecular weight excluding hydrogens is 374 g/mol. The molecule has 1 heterocycles. The highest BCUT2D eigenvalue weighted by molar-refractivity contribution is 7.89. The van der Waals surface area contributed by atoms with E-state index in [0.717, 1.165) is 0 Å². The lowest BCUT2D eigenvalue weighted by Gasteiger charge is -2.35. The fourth-order valence-electron chi connectivity index (χ4n) is 2.68. The van der Waals surface area contributed by atoms with Crippen LogP contribution in [0, 0.1) is 5.92 Å². The van der Waals surface area contributed by atoms with Crippen molar-refractivity contribution in [1.29, 1.82) is 0 Å². The molecule has 2 amide bonds. The molecule has 150 valence electrons. The third-order valence-electron chi connectivity index (χ3n) is 4.28. The Labute approximate surface area is 158 Å². The maximum atomic E-state index is 12.9. The van der Waals surface area contributed by atoms with Crippen LogP contribution in [-0.2, 0) is 24.3 Å². The highest BCUT2D eigenvalue weighted by Crippen LogP contribution is 2.18. The van der Waals surface area contributed by atoms with Gasteiger partial charge in [-0.25, -0.2) is 8.42 Å². The van der Waals surface area contributed by atoms with Crippen LogP contribution < -0.4 is 15.2 Å². The molecule has 9 nitrogen and oxygen atoms in total. The second-order valence-corrected chi connectivity index (χ2v) is 8.28. The number of nitrogens with zero attached hydrogens (tertiary/aromatic N) is 1. The molecule has 2 rings (SSSR count). The van der Waals surface area contributed by atoms with E-state index in [9.17, 15) is 18.0 Å². The summed E-state index contributed by atoms with van der Waals surface area (Å²) >= 11 is 0. The molecule has 2 atom stereocenters. The quantitative estimate of drug-likeness (QED) is 0.648. The molecule has 1 unspecified atom stereocenters. The average molecular weight is 399 g/mol. The topological polar surface area (TPSA) is 128 Å². The first kappa shape index (κ1) is 21.1. The maximum Gasteiger partial charge on any atom is 0.248 e. The molecule has 10 heteroatoms. The van der Waals surface area contributed by atoms with Gasteiger partial charge in [-0.1, -0.05) is 13.8 Å². The van der Waals surface area contributed by atoms with Gasteiger partial charge in [0.15, 0.2) is 6.10 Å². The molecule has 0 aromatic heterocycles. The maximum absolute atomic E-state index is 12.9. The molecule has 0 spiro atoms. The van der Waals surface area contributed by atoms with Crippen LogP contribution >= 0.6 is 0 Å². The Balaban J connectivity index is 2.18. The molecule has 0 saturated carbocycles. The summed E-state index contributed by atoms with van der Waals surface area (Å²) < 4.78 is 38.1. The Hall–Kier alpha value is -2.17. The number of hydrogen-bond acceptors (Lipinski definition) is 6. The van der Waals surface area contributed by atoms with Gasteiger partial charge in [0.1, 0.15) is 11.8 Å². The van der Waals surface area contributed by atoms with Gasteiger partial charge in [0, 0.05) is 6.54 Å². The van der Waals surface area contributed by atoms with Gasteiger partial charge in [-0.2, -0.15) is 4.72 Å². The monoisotopic (exact) mass is 399 g/mol. The van der Waals surface area contributed by atoms with Crippen molar-refractivity contribution in [2.75, 3.05) is 26.8 Å². The number of primary amides is 1. The molecule has 1 fully saturated rings. The van der Waals surface area contributed by atoms with Crippen LogP contribution in [0.2, 0.25) is 0 Å². The van der Waals surface area contributed by atoms with Crippen molar-refractivity contribution >= 4 is 21.8 Å². The highest BCUT2D eigenvalue weighted by atomic mass is 32.2. The Morgan fingerprint density at radius 2 is 1.93 bits per heavy atom. The number of rotatable bonds is 7. The van der Waals surface area contributed by atoms with Gasteiger partial charge >= 0.3 is 0 Å². The normalized spacial score (nSPS) is 19.0. The zero-order chi connectivity index (χ0) is 20.2. The third-order valence-corrected chi connectivity index (χ3v) is 5.74. The first-order valence-corrected chi connectivity index (χ1v) is 10.00. The van der Waals surface area contributed by atoms with Crippen LogP contribution in [0.15, 0.2) is 29.2 Å². The first-order chi connectivity index (χ1) is 12.7. The summed E-state index contributed by atoms with van der Waals surface area (Å²) in [6, 6.07) is 4.88. The zero-order valence-corrected chi connectivity index (χ0v) is 16.4. The molecule has 1 aromatic rings. The van der Waals surface area contributed by atoms with Gasteiger partial charge in [0.25, 0.3) is 0 Å². The van der Waals surface area contributed by atoms with E-state index in [1.165, 1.54) is 36.3 Å². The van der Waals surface area contributed by atoms with Crippen LogP contribution in [0.4, 0.5) is 0 Å². The smallest absolute Gasteiger partial charge is 0.248 e. The first-order valence-electron chi connectivity index (χ1n) is 8.51. The highest BCUT2D eigenvalue weighted by Gasteiger charge is 2.35. The summed E-state index contributed by atoms with van der Waals surface area (Å²) in [4.78, 5) is 25.6. The Bertz CT molecular complexity index is 778. The Kier molecular flexibility index (Phi) is 6.79. The van der Waals surface area contributed by atoms with Crippen LogP contribution in [0.3, 0.4) is 0 Å². The van der Waals surface area contributed by atoms with Crippen molar-refractivity contribution in [3.05, 3.63) is 24.3 Å². The van der Waals surface area contributed by atoms with E-state index in [-0.39, 0.29) is 30.5 Å². The average Bonchev–Trinajstić information content (AvgIpc) is 2.65.